The molecule has 0 aliphatic rings. The van der Waals surface area contributed by atoms with E-state index in [-0.39, 0.29) is 23.9 Å². The van der Waals surface area contributed by atoms with E-state index in [9.17, 15) is 14.4 Å². The van der Waals surface area contributed by atoms with Crippen LogP contribution in [0, 0.1) is 6.92 Å². The van der Waals surface area contributed by atoms with Gasteiger partial charge in [-0.05, 0) is 18.4 Å². The Labute approximate surface area is 129 Å². The zero-order chi connectivity index (χ0) is 15.2. The molecule has 8 heteroatoms. The van der Waals surface area contributed by atoms with Crippen molar-refractivity contribution in [2.24, 2.45) is 0 Å². The highest BCUT2D eigenvalue weighted by Gasteiger charge is 2.11. The number of hydrogen-bond acceptors (Lipinski definition) is 6. The third kappa shape index (κ3) is 4.54. The predicted molar refractivity (Wildman–Crippen MR) is 80.4 cm³/mol. The van der Waals surface area contributed by atoms with Gasteiger partial charge in [-0.25, -0.2) is 0 Å². The topological polar surface area (TPSA) is 77.4 Å². The van der Waals surface area contributed by atoms with Gasteiger partial charge in [0.25, 0.3) is 5.91 Å². The minimum Gasteiger partial charge on any atom is -0.454 e. The fraction of sp³-hybridized carbons (Fsp3) is 0.308. The van der Waals surface area contributed by atoms with Crippen molar-refractivity contribution in [2.45, 2.75) is 20.0 Å². The molecule has 1 amide bonds. The molecule has 1 N–H and O–H groups in total. The van der Waals surface area contributed by atoms with Gasteiger partial charge in [-0.1, -0.05) is 17.4 Å². The van der Waals surface area contributed by atoms with Gasteiger partial charge in [-0.15, -0.1) is 11.3 Å². The minimum absolute atomic E-state index is 0.174. The van der Waals surface area contributed by atoms with Gasteiger partial charge >= 0.3 is 10.8 Å². The van der Waals surface area contributed by atoms with Gasteiger partial charge in [0.05, 0.1) is 6.54 Å². The van der Waals surface area contributed by atoms with Gasteiger partial charge < -0.3 is 10.1 Å². The molecule has 2 aromatic heterocycles. The molecule has 0 spiro atoms. The molecule has 0 bridgehead atoms. The van der Waals surface area contributed by atoms with Crippen molar-refractivity contribution in [3.05, 3.63) is 43.1 Å². The van der Waals surface area contributed by atoms with Crippen molar-refractivity contribution < 1.29 is 14.3 Å². The lowest BCUT2D eigenvalue weighted by Crippen LogP contribution is -2.30. The molecule has 2 aromatic rings. The van der Waals surface area contributed by atoms with Crippen molar-refractivity contribution in [1.82, 2.24) is 9.88 Å². The second-order valence-corrected chi connectivity index (χ2v) is 6.10. The van der Waals surface area contributed by atoms with Crippen molar-refractivity contribution in [3.8, 4) is 0 Å². The Morgan fingerprint density at radius 3 is 2.81 bits per heavy atom. The molecule has 0 radical (unpaired) electrons. The molecular weight excluding hydrogens is 312 g/mol. The smallest absolute Gasteiger partial charge is 0.326 e. The molecule has 21 heavy (non-hydrogen) atoms. The number of aryl methyl sites for hydroxylation is 1. The Balaban J connectivity index is 1.73. The van der Waals surface area contributed by atoms with E-state index in [1.807, 2.05) is 17.5 Å². The van der Waals surface area contributed by atoms with Crippen molar-refractivity contribution in [2.75, 3.05) is 6.61 Å². The highest BCUT2D eigenvalue weighted by Crippen LogP contribution is 2.07. The maximum Gasteiger partial charge on any atom is 0.326 e. The van der Waals surface area contributed by atoms with Gasteiger partial charge in [0.1, 0.15) is 6.54 Å². The Bertz CT molecular complexity index is 673. The van der Waals surface area contributed by atoms with Crippen LogP contribution in [-0.2, 0) is 27.4 Å². The van der Waals surface area contributed by atoms with Crippen LogP contribution in [0.3, 0.4) is 0 Å². The number of esters is 1. The highest BCUT2D eigenvalue weighted by molar-refractivity contribution is 7.09. The lowest BCUT2D eigenvalue weighted by Gasteiger charge is -2.07. The zero-order valence-corrected chi connectivity index (χ0v) is 13.0. The molecule has 0 aromatic carbocycles. The van der Waals surface area contributed by atoms with E-state index in [2.05, 4.69) is 5.32 Å². The summed E-state index contributed by atoms with van der Waals surface area (Å²) < 4.78 is 6.17. The van der Waals surface area contributed by atoms with Gasteiger partial charge in [-0.2, -0.15) is 0 Å². The van der Waals surface area contributed by atoms with E-state index in [0.29, 0.717) is 12.2 Å². The molecule has 0 fully saturated rings. The van der Waals surface area contributed by atoms with Crippen LogP contribution in [0.5, 0.6) is 0 Å². The summed E-state index contributed by atoms with van der Waals surface area (Å²) in [5.74, 6) is -0.976. The lowest BCUT2D eigenvalue weighted by atomic mass is 10.4. The summed E-state index contributed by atoms with van der Waals surface area (Å²) in [5.41, 5.74) is 0.698. The number of thiazole rings is 1. The molecule has 0 aliphatic carbocycles. The molecule has 0 unspecified atom stereocenters. The molecule has 0 atom stereocenters. The Hall–Kier alpha value is -1.93. The summed E-state index contributed by atoms with van der Waals surface area (Å²) in [6.07, 6.45) is 0. The summed E-state index contributed by atoms with van der Waals surface area (Å²) in [6, 6.07) is 3.80. The number of nitrogens with zero attached hydrogens (tertiary/aromatic N) is 1. The first-order valence-electron chi connectivity index (χ1n) is 6.16. The SMILES string of the molecule is Cc1csc(=O)n1CC(=O)OCC(=O)NCc1cccs1. The van der Waals surface area contributed by atoms with Crippen LogP contribution >= 0.6 is 22.7 Å². The van der Waals surface area contributed by atoms with E-state index in [1.54, 1.807) is 12.3 Å². The van der Waals surface area contributed by atoms with Crippen molar-refractivity contribution >= 4 is 34.6 Å². The number of thiophene rings is 1. The third-order valence-corrected chi connectivity index (χ3v) is 4.43. The first kappa shape index (κ1) is 15.5. The van der Waals surface area contributed by atoms with E-state index < -0.39 is 5.97 Å². The molecule has 0 saturated heterocycles. The average molecular weight is 326 g/mol. The van der Waals surface area contributed by atoms with Crippen LogP contribution in [0.1, 0.15) is 10.6 Å². The fourth-order valence-electron chi connectivity index (χ4n) is 1.57. The van der Waals surface area contributed by atoms with Gasteiger partial charge in [0.15, 0.2) is 6.61 Å². The lowest BCUT2D eigenvalue weighted by molar-refractivity contribution is -0.149. The number of nitrogens with one attached hydrogen (secondary N) is 1. The molecule has 0 aliphatic heterocycles. The predicted octanol–water partition coefficient (Wildman–Crippen LogP) is 1.14. The first-order valence-corrected chi connectivity index (χ1v) is 7.92. The highest BCUT2D eigenvalue weighted by atomic mass is 32.1. The second kappa shape index (κ2) is 7.19. The number of ether oxygens (including phenoxy) is 1. The van der Waals surface area contributed by atoms with E-state index in [0.717, 1.165) is 16.2 Å². The fourth-order valence-corrected chi connectivity index (χ4v) is 2.95. The van der Waals surface area contributed by atoms with Crippen LogP contribution in [0.2, 0.25) is 0 Å². The molecule has 2 rings (SSSR count). The van der Waals surface area contributed by atoms with Crippen LogP contribution in [0.15, 0.2) is 27.7 Å². The zero-order valence-electron chi connectivity index (χ0n) is 11.3. The summed E-state index contributed by atoms with van der Waals surface area (Å²) in [4.78, 5) is 35.4. The van der Waals surface area contributed by atoms with Crippen molar-refractivity contribution in [3.63, 3.8) is 0 Å². The monoisotopic (exact) mass is 326 g/mol. The summed E-state index contributed by atoms with van der Waals surface area (Å²) in [6.45, 7) is 1.63. The Kier molecular flexibility index (Phi) is 5.29. The standard InChI is InChI=1S/C13H14N2O4S2/c1-9-8-21-13(18)15(9)6-12(17)19-7-11(16)14-5-10-3-2-4-20-10/h2-4,8H,5-7H2,1H3,(H,14,16). The number of amides is 1. The number of aromatic nitrogens is 1. The quantitative estimate of drug-likeness (QED) is 0.808. The van der Waals surface area contributed by atoms with E-state index >= 15 is 0 Å². The largest absolute Gasteiger partial charge is 0.454 e. The summed E-state index contributed by atoms with van der Waals surface area (Å²) >= 11 is 2.56. The maximum atomic E-state index is 11.6. The maximum absolute atomic E-state index is 11.6. The number of hydrogen-bond donors (Lipinski definition) is 1. The van der Waals surface area contributed by atoms with Crippen LogP contribution in [-0.4, -0.2) is 23.1 Å². The van der Waals surface area contributed by atoms with Crippen LogP contribution < -0.4 is 10.2 Å². The summed E-state index contributed by atoms with van der Waals surface area (Å²) in [5, 5.41) is 6.24. The van der Waals surface area contributed by atoms with E-state index in [4.69, 9.17) is 4.74 Å². The molecule has 2 heterocycles. The van der Waals surface area contributed by atoms with Crippen molar-refractivity contribution in [1.29, 1.82) is 0 Å². The molecule has 6 nitrogen and oxygen atoms in total. The normalized spacial score (nSPS) is 10.3. The first-order chi connectivity index (χ1) is 10.1. The number of rotatable bonds is 6. The average Bonchev–Trinajstić information content (AvgIpc) is 3.08. The second-order valence-electron chi connectivity index (χ2n) is 4.25. The van der Waals surface area contributed by atoms with Gasteiger partial charge in [0.2, 0.25) is 0 Å². The Morgan fingerprint density at radius 1 is 1.38 bits per heavy atom. The minimum atomic E-state index is -0.607. The number of carbonyl (C=O) groups is 2. The van der Waals surface area contributed by atoms with Gasteiger partial charge in [-0.3, -0.25) is 19.0 Å². The molecule has 0 saturated carbocycles. The number of carbonyl (C=O) groups excluding carboxylic acids is 2. The van der Waals surface area contributed by atoms with Crippen LogP contribution in [0.4, 0.5) is 0 Å². The third-order valence-electron chi connectivity index (χ3n) is 2.67. The molecular formula is C13H14N2O4S2. The molecule has 112 valence electrons. The van der Waals surface area contributed by atoms with Crippen LogP contribution in [0.25, 0.3) is 0 Å². The van der Waals surface area contributed by atoms with Gasteiger partial charge in [0, 0.05) is 16.0 Å². The van der Waals surface area contributed by atoms with E-state index in [1.165, 1.54) is 15.9 Å². The Morgan fingerprint density at radius 2 is 2.19 bits per heavy atom. The summed E-state index contributed by atoms with van der Waals surface area (Å²) in [7, 11) is 0.